The van der Waals surface area contributed by atoms with Gasteiger partial charge in [-0.15, -0.1) is 11.3 Å². The summed E-state index contributed by atoms with van der Waals surface area (Å²) in [7, 11) is 0. The highest BCUT2D eigenvalue weighted by Gasteiger charge is 2.07. The van der Waals surface area contributed by atoms with Gasteiger partial charge in [0.15, 0.2) is 10.8 Å². The number of nitrogens with one attached hydrogen (secondary N) is 1. The first-order valence-corrected chi connectivity index (χ1v) is 6.14. The van der Waals surface area contributed by atoms with Crippen LogP contribution in [0.15, 0.2) is 22.2 Å². The molecule has 0 aromatic carbocycles. The van der Waals surface area contributed by atoms with Crippen molar-refractivity contribution in [3.05, 3.63) is 22.2 Å². The Kier molecular flexibility index (Phi) is 3.27. The van der Waals surface area contributed by atoms with Crippen molar-refractivity contribution in [2.45, 2.75) is 6.92 Å². The second-order valence-corrected chi connectivity index (χ2v) is 4.51. The van der Waals surface area contributed by atoms with Gasteiger partial charge in [-0.05, 0) is 22.9 Å². The molecule has 0 unspecified atom stereocenters. The number of aromatic nitrogens is 3. The largest absolute Gasteiger partial charge is 0.369 e. The molecule has 2 heterocycles. The Morgan fingerprint density at radius 1 is 1.47 bits per heavy atom. The molecule has 0 saturated carbocycles. The van der Waals surface area contributed by atoms with Crippen molar-refractivity contribution >= 4 is 33.1 Å². The van der Waals surface area contributed by atoms with Crippen molar-refractivity contribution in [3.8, 4) is 10.8 Å². The van der Waals surface area contributed by atoms with Gasteiger partial charge in [0.25, 0.3) is 0 Å². The molecule has 6 heteroatoms. The molecule has 4 nitrogen and oxygen atoms in total. The van der Waals surface area contributed by atoms with Crippen LogP contribution in [0.4, 0.5) is 5.82 Å². The molecular formula is C9H9BrN4S. The second kappa shape index (κ2) is 4.67. The molecule has 78 valence electrons. The third-order valence-electron chi connectivity index (χ3n) is 1.71. The van der Waals surface area contributed by atoms with E-state index in [0.717, 1.165) is 21.8 Å². The van der Waals surface area contributed by atoms with Crippen LogP contribution in [0, 0.1) is 0 Å². The van der Waals surface area contributed by atoms with Gasteiger partial charge >= 0.3 is 0 Å². The average molecular weight is 285 g/mol. The number of nitrogens with zero attached hydrogens (tertiary/aromatic N) is 3. The first-order valence-electron chi connectivity index (χ1n) is 4.47. The normalized spacial score (nSPS) is 10.3. The van der Waals surface area contributed by atoms with Gasteiger partial charge in [0.1, 0.15) is 5.82 Å². The van der Waals surface area contributed by atoms with Crippen LogP contribution < -0.4 is 5.32 Å². The lowest BCUT2D eigenvalue weighted by Gasteiger charge is -2.05. The molecule has 0 spiro atoms. The van der Waals surface area contributed by atoms with Crippen molar-refractivity contribution in [3.63, 3.8) is 0 Å². The summed E-state index contributed by atoms with van der Waals surface area (Å²) >= 11 is 4.92. The molecule has 0 aliphatic heterocycles. The molecule has 1 N–H and O–H groups in total. The summed E-state index contributed by atoms with van der Waals surface area (Å²) in [6.07, 6.45) is 3.49. The van der Waals surface area contributed by atoms with Crippen LogP contribution in [0.5, 0.6) is 0 Å². The van der Waals surface area contributed by atoms with Crippen molar-refractivity contribution in [1.82, 2.24) is 15.0 Å². The van der Waals surface area contributed by atoms with Crippen LogP contribution in [-0.4, -0.2) is 21.5 Å². The predicted molar refractivity (Wildman–Crippen MR) is 65.0 cm³/mol. The van der Waals surface area contributed by atoms with Crippen LogP contribution in [0.1, 0.15) is 6.92 Å². The summed E-state index contributed by atoms with van der Waals surface area (Å²) < 4.78 is 0.865. The van der Waals surface area contributed by atoms with E-state index < -0.39 is 0 Å². The Morgan fingerprint density at radius 2 is 2.33 bits per heavy atom. The van der Waals surface area contributed by atoms with Gasteiger partial charge in [0.05, 0.1) is 4.47 Å². The zero-order valence-corrected chi connectivity index (χ0v) is 10.5. The van der Waals surface area contributed by atoms with E-state index in [4.69, 9.17) is 0 Å². The fourth-order valence-electron chi connectivity index (χ4n) is 1.10. The number of thiazole rings is 1. The third-order valence-corrected chi connectivity index (χ3v) is 3.06. The quantitative estimate of drug-likeness (QED) is 0.942. The minimum absolute atomic E-state index is 0.657. The SMILES string of the molecule is CCNc1nc(-c2nccs2)ncc1Br. The van der Waals surface area contributed by atoms with Gasteiger partial charge in [-0.25, -0.2) is 15.0 Å². The lowest BCUT2D eigenvalue weighted by atomic mass is 10.5. The van der Waals surface area contributed by atoms with Crippen LogP contribution in [0.3, 0.4) is 0 Å². The summed E-state index contributed by atoms with van der Waals surface area (Å²) in [5.41, 5.74) is 0. The maximum absolute atomic E-state index is 4.38. The van der Waals surface area contributed by atoms with E-state index in [1.165, 1.54) is 11.3 Å². The first kappa shape index (κ1) is 10.5. The van der Waals surface area contributed by atoms with E-state index in [2.05, 4.69) is 36.2 Å². The standard InChI is InChI=1S/C9H9BrN4S/c1-2-11-7-6(10)5-13-8(14-7)9-12-3-4-15-9/h3-5H,2H2,1H3,(H,11,13,14). The molecule has 0 fully saturated rings. The smallest absolute Gasteiger partial charge is 0.190 e. The molecular weight excluding hydrogens is 276 g/mol. The molecule has 0 radical (unpaired) electrons. The van der Waals surface area contributed by atoms with Crippen LogP contribution in [0.25, 0.3) is 10.8 Å². The minimum atomic E-state index is 0.657. The molecule has 2 aromatic heterocycles. The number of hydrogen-bond acceptors (Lipinski definition) is 5. The fraction of sp³-hybridized carbons (Fsp3) is 0.222. The number of halogens is 1. The van der Waals surface area contributed by atoms with Gasteiger partial charge in [-0.1, -0.05) is 0 Å². The topological polar surface area (TPSA) is 50.7 Å². The van der Waals surface area contributed by atoms with Crippen molar-refractivity contribution in [2.75, 3.05) is 11.9 Å². The molecule has 0 aliphatic rings. The third kappa shape index (κ3) is 2.32. The van der Waals surface area contributed by atoms with Crippen molar-refractivity contribution in [2.24, 2.45) is 0 Å². The fourth-order valence-corrected chi connectivity index (χ4v) is 2.00. The average Bonchev–Trinajstić information content (AvgIpc) is 2.75. The first-order chi connectivity index (χ1) is 7.31. The highest BCUT2D eigenvalue weighted by molar-refractivity contribution is 9.10. The van der Waals surface area contributed by atoms with Gasteiger partial charge < -0.3 is 5.32 Å². The Bertz CT molecular complexity index is 443. The van der Waals surface area contributed by atoms with E-state index >= 15 is 0 Å². The van der Waals surface area contributed by atoms with E-state index in [0.29, 0.717) is 5.82 Å². The maximum atomic E-state index is 4.38. The lowest BCUT2D eigenvalue weighted by Crippen LogP contribution is -2.02. The Balaban J connectivity index is 2.38. The van der Waals surface area contributed by atoms with Crippen LogP contribution >= 0.6 is 27.3 Å². The predicted octanol–water partition coefficient (Wildman–Crippen LogP) is 2.79. The Hall–Kier alpha value is -1.01. The van der Waals surface area contributed by atoms with Crippen molar-refractivity contribution < 1.29 is 0 Å². The monoisotopic (exact) mass is 284 g/mol. The Labute approximate surface area is 99.9 Å². The molecule has 2 aromatic rings. The molecule has 0 amide bonds. The second-order valence-electron chi connectivity index (χ2n) is 2.76. The van der Waals surface area contributed by atoms with E-state index in [9.17, 15) is 0 Å². The van der Waals surface area contributed by atoms with E-state index in [-0.39, 0.29) is 0 Å². The zero-order valence-electron chi connectivity index (χ0n) is 8.07. The molecule has 2 rings (SSSR count). The highest BCUT2D eigenvalue weighted by atomic mass is 79.9. The van der Waals surface area contributed by atoms with Gasteiger partial charge in [-0.3, -0.25) is 0 Å². The van der Waals surface area contributed by atoms with Gasteiger partial charge in [0, 0.05) is 24.3 Å². The summed E-state index contributed by atoms with van der Waals surface area (Å²) in [6, 6.07) is 0. The highest BCUT2D eigenvalue weighted by Crippen LogP contribution is 2.23. The molecule has 15 heavy (non-hydrogen) atoms. The zero-order chi connectivity index (χ0) is 10.7. The maximum Gasteiger partial charge on any atom is 0.190 e. The van der Waals surface area contributed by atoms with Crippen LogP contribution in [-0.2, 0) is 0 Å². The van der Waals surface area contributed by atoms with Gasteiger partial charge in [-0.2, -0.15) is 0 Å². The number of rotatable bonds is 3. The van der Waals surface area contributed by atoms with E-state index in [1.54, 1.807) is 12.4 Å². The van der Waals surface area contributed by atoms with E-state index in [1.807, 2.05) is 12.3 Å². The Morgan fingerprint density at radius 3 is 3.00 bits per heavy atom. The van der Waals surface area contributed by atoms with Gasteiger partial charge in [0.2, 0.25) is 0 Å². The summed E-state index contributed by atoms with van der Waals surface area (Å²) in [4.78, 5) is 12.8. The molecule has 0 aliphatic carbocycles. The molecule has 0 saturated heterocycles. The lowest BCUT2D eigenvalue weighted by molar-refractivity contribution is 1.10. The summed E-state index contributed by atoms with van der Waals surface area (Å²) in [5.74, 6) is 1.46. The number of hydrogen-bond donors (Lipinski definition) is 1. The summed E-state index contributed by atoms with van der Waals surface area (Å²) in [5, 5.41) is 5.90. The molecule has 0 atom stereocenters. The minimum Gasteiger partial charge on any atom is -0.369 e. The molecule has 0 bridgehead atoms. The van der Waals surface area contributed by atoms with Crippen molar-refractivity contribution in [1.29, 1.82) is 0 Å². The van der Waals surface area contributed by atoms with Crippen LogP contribution in [0.2, 0.25) is 0 Å². The number of anilines is 1. The summed E-state index contributed by atoms with van der Waals surface area (Å²) in [6.45, 7) is 2.85.